The van der Waals surface area contributed by atoms with E-state index in [4.69, 9.17) is 15.0 Å². The Morgan fingerprint density at radius 1 is 1.35 bits per heavy atom. The van der Waals surface area contributed by atoms with Crippen LogP contribution in [0.2, 0.25) is 0 Å². The molecule has 1 aromatic heterocycles. The van der Waals surface area contributed by atoms with Crippen molar-refractivity contribution >= 4 is 5.69 Å². The summed E-state index contributed by atoms with van der Waals surface area (Å²) >= 11 is 0. The number of halogens is 2. The minimum atomic E-state index is -1.03. The fourth-order valence-electron chi connectivity index (χ4n) is 1.69. The van der Waals surface area contributed by atoms with Crippen LogP contribution in [0.5, 0.6) is 0 Å². The minimum absolute atomic E-state index is 0.0214. The zero-order valence-electron chi connectivity index (χ0n) is 11.4. The molecule has 0 saturated carbocycles. The molecule has 7 heteroatoms. The van der Waals surface area contributed by atoms with Crippen LogP contribution >= 0.6 is 0 Å². The molecule has 2 rings (SSSR count). The average Bonchev–Trinajstić information content (AvgIpc) is 2.92. The second kappa shape index (κ2) is 5.16. The summed E-state index contributed by atoms with van der Waals surface area (Å²) in [5.74, 6) is -1.71. The molecule has 0 spiro atoms. The number of aromatic nitrogens is 2. The van der Waals surface area contributed by atoms with E-state index in [1.54, 1.807) is 6.92 Å². The highest BCUT2D eigenvalue weighted by Gasteiger charge is 2.30. The largest absolute Gasteiger partial charge is 0.398 e. The molecule has 5 nitrogen and oxygen atoms in total. The molecule has 0 aliphatic rings. The standard InChI is InChI=1S/C13H15F2N3O2/c1-4-13(2,19-3)12-17-11(20-18-12)7-5-8(14)9(15)6-10(7)16/h5-6H,4,16H2,1-3H3. The zero-order chi connectivity index (χ0) is 14.9. The highest BCUT2D eigenvalue weighted by molar-refractivity contribution is 5.70. The Bertz CT molecular complexity index is 624. The van der Waals surface area contributed by atoms with E-state index in [1.165, 1.54) is 7.11 Å². The Balaban J connectivity index is 2.46. The third-order valence-electron chi connectivity index (χ3n) is 3.35. The fourth-order valence-corrected chi connectivity index (χ4v) is 1.69. The third kappa shape index (κ3) is 2.36. The van der Waals surface area contributed by atoms with E-state index in [9.17, 15) is 8.78 Å². The molecule has 1 unspecified atom stereocenters. The van der Waals surface area contributed by atoms with Crippen molar-refractivity contribution in [2.24, 2.45) is 0 Å². The van der Waals surface area contributed by atoms with Gasteiger partial charge in [-0.25, -0.2) is 8.78 Å². The first kappa shape index (κ1) is 14.4. The second-order valence-electron chi connectivity index (χ2n) is 4.57. The quantitative estimate of drug-likeness (QED) is 0.873. The van der Waals surface area contributed by atoms with Crippen LogP contribution in [0.3, 0.4) is 0 Å². The van der Waals surface area contributed by atoms with Gasteiger partial charge < -0.3 is 15.0 Å². The van der Waals surface area contributed by atoms with Gasteiger partial charge in [0, 0.05) is 18.9 Å². The molecule has 0 fully saturated rings. The van der Waals surface area contributed by atoms with Gasteiger partial charge in [0.25, 0.3) is 5.89 Å². The first-order valence-electron chi connectivity index (χ1n) is 6.05. The Morgan fingerprint density at radius 2 is 2.00 bits per heavy atom. The van der Waals surface area contributed by atoms with E-state index in [-0.39, 0.29) is 17.1 Å². The van der Waals surface area contributed by atoms with Gasteiger partial charge >= 0.3 is 0 Å². The van der Waals surface area contributed by atoms with Gasteiger partial charge in [-0.1, -0.05) is 12.1 Å². The summed E-state index contributed by atoms with van der Waals surface area (Å²) in [6.07, 6.45) is 0.621. The van der Waals surface area contributed by atoms with E-state index in [1.807, 2.05) is 6.92 Å². The van der Waals surface area contributed by atoms with Gasteiger partial charge in [0.15, 0.2) is 11.6 Å². The monoisotopic (exact) mass is 283 g/mol. The van der Waals surface area contributed by atoms with Gasteiger partial charge in [0.2, 0.25) is 5.82 Å². The van der Waals surface area contributed by atoms with Gasteiger partial charge in [-0.15, -0.1) is 0 Å². The summed E-state index contributed by atoms with van der Waals surface area (Å²) in [5, 5.41) is 3.82. The van der Waals surface area contributed by atoms with Crippen molar-refractivity contribution in [3.05, 3.63) is 29.6 Å². The molecule has 0 aliphatic carbocycles. The van der Waals surface area contributed by atoms with Crippen LogP contribution in [0.25, 0.3) is 11.5 Å². The number of anilines is 1. The van der Waals surface area contributed by atoms with Gasteiger partial charge in [-0.2, -0.15) is 4.98 Å². The molecule has 2 N–H and O–H groups in total. The minimum Gasteiger partial charge on any atom is -0.398 e. The lowest BCUT2D eigenvalue weighted by molar-refractivity contribution is -0.0106. The topological polar surface area (TPSA) is 74.2 Å². The van der Waals surface area contributed by atoms with Crippen LogP contribution in [0.15, 0.2) is 16.7 Å². The van der Waals surface area contributed by atoms with Crippen molar-refractivity contribution in [1.29, 1.82) is 0 Å². The molecule has 0 amide bonds. The maximum absolute atomic E-state index is 13.3. The van der Waals surface area contributed by atoms with Crippen LogP contribution in [0.4, 0.5) is 14.5 Å². The van der Waals surface area contributed by atoms with E-state index >= 15 is 0 Å². The normalized spacial score (nSPS) is 14.2. The number of methoxy groups -OCH3 is 1. The number of nitrogens with two attached hydrogens (primary N) is 1. The lowest BCUT2D eigenvalue weighted by Gasteiger charge is -2.21. The second-order valence-corrected chi connectivity index (χ2v) is 4.57. The smallest absolute Gasteiger partial charge is 0.260 e. The molecular formula is C13H15F2N3O2. The van der Waals surface area contributed by atoms with Crippen molar-refractivity contribution in [2.75, 3.05) is 12.8 Å². The molecule has 1 heterocycles. The molecule has 20 heavy (non-hydrogen) atoms. The Hall–Kier alpha value is -2.02. The number of nitrogen functional groups attached to an aromatic ring is 1. The van der Waals surface area contributed by atoms with Gasteiger partial charge in [-0.05, 0) is 19.4 Å². The van der Waals surface area contributed by atoms with E-state index in [0.717, 1.165) is 12.1 Å². The Morgan fingerprint density at radius 3 is 2.60 bits per heavy atom. The van der Waals surface area contributed by atoms with Crippen LogP contribution in [0.1, 0.15) is 26.1 Å². The third-order valence-corrected chi connectivity index (χ3v) is 3.35. The molecule has 0 radical (unpaired) electrons. The number of hydrogen-bond acceptors (Lipinski definition) is 5. The average molecular weight is 283 g/mol. The molecule has 108 valence electrons. The number of ether oxygens (including phenoxy) is 1. The molecule has 0 saturated heterocycles. The van der Waals surface area contributed by atoms with Gasteiger partial charge in [0.1, 0.15) is 5.60 Å². The molecule has 1 aromatic carbocycles. The van der Waals surface area contributed by atoms with Crippen LogP contribution < -0.4 is 5.73 Å². The summed E-state index contributed by atoms with van der Waals surface area (Å²) in [6, 6.07) is 1.81. The molecular weight excluding hydrogens is 268 g/mol. The predicted molar refractivity (Wildman–Crippen MR) is 68.7 cm³/mol. The Labute approximate surface area is 114 Å². The van der Waals surface area contributed by atoms with Gasteiger partial charge in [-0.3, -0.25) is 0 Å². The fraction of sp³-hybridized carbons (Fsp3) is 0.385. The van der Waals surface area contributed by atoms with E-state index < -0.39 is 17.2 Å². The first-order chi connectivity index (χ1) is 9.41. The highest BCUT2D eigenvalue weighted by Crippen LogP contribution is 2.31. The summed E-state index contributed by atoms with van der Waals surface area (Å²) < 4.78 is 36.7. The summed E-state index contributed by atoms with van der Waals surface area (Å²) in [5.41, 5.74) is 5.10. The maximum Gasteiger partial charge on any atom is 0.260 e. The maximum atomic E-state index is 13.3. The Kier molecular flexibility index (Phi) is 3.71. The molecule has 1 atom stereocenters. The first-order valence-corrected chi connectivity index (χ1v) is 6.05. The van der Waals surface area contributed by atoms with E-state index in [2.05, 4.69) is 10.1 Å². The SMILES string of the molecule is CCC(C)(OC)c1noc(-c2cc(F)c(F)cc2N)n1. The lowest BCUT2D eigenvalue weighted by atomic mass is 10.0. The van der Waals surface area contributed by atoms with Gasteiger partial charge in [0.05, 0.1) is 5.56 Å². The molecule has 0 bridgehead atoms. The van der Waals surface area contributed by atoms with Crippen molar-refractivity contribution in [3.63, 3.8) is 0 Å². The lowest BCUT2D eigenvalue weighted by Crippen LogP contribution is -2.24. The molecule has 2 aromatic rings. The number of benzene rings is 1. The van der Waals surface area contributed by atoms with Crippen molar-refractivity contribution in [1.82, 2.24) is 10.1 Å². The van der Waals surface area contributed by atoms with Crippen molar-refractivity contribution in [2.45, 2.75) is 25.9 Å². The van der Waals surface area contributed by atoms with Crippen LogP contribution in [-0.2, 0) is 10.3 Å². The summed E-state index contributed by atoms with van der Waals surface area (Å²) in [7, 11) is 1.53. The number of hydrogen-bond donors (Lipinski definition) is 1. The molecule has 0 aliphatic heterocycles. The van der Waals surface area contributed by atoms with E-state index in [0.29, 0.717) is 12.2 Å². The van der Waals surface area contributed by atoms with Crippen LogP contribution in [0, 0.1) is 11.6 Å². The number of rotatable bonds is 4. The predicted octanol–water partition coefficient (Wildman–Crippen LogP) is 2.87. The number of nitrogens with zero attached hydrogens (tertiary/aromatic N) is 2. The van der Waals surface area contributed by atoms with Crippen molar-refractivity contribution < 1.29 is 18.0 Å². The summed E-state index contributed by atoms with van der Waals surface area (Å²) in [4.78, 5) is 4.15. The summed E-state index contributed by atoms with van der Waals surface area (Å²) in [6.45, 7) is 3.71. The highest BCUT2D eigenvalue weighted by atomic mass is 19.2. The van der Waals surface area contributed by atoms with Crippen molar-refractivity contribution in [3.8, 4) is 11.5 Å². The van der Waals surface area contributed by atoms with Crippen LogP contribution in [-0.4, -0.2) is 17.3 Å². The zero-order valence-corrected chi connectivity index (χ0v) is 11.4.